The molecule has 0 aliphatic rings. The number of carbonyl (C=O) groups is 1. The lowest BCUT2D eigenvalue weighted by atomic mass is 10.1. The summed E-state index contributed by atoms with van der Waals surface area (Å²) in [4.78, 5) is 24.9. The molecule has 150 valence electrons. The highest BCUT2D eigenvalue weighted by Gasteiger charge is 2.13. The fourth-order valence-electron chi connectivity index (χ4n) is 2.66. The molecule has 0 radical (unpaired) electrons. The van der Waals surface area contributed by atoms with Gasteiger partial charge in [0.15, 0.2) is 0 Å². The lowest BCUT2D eigenvalue weighted by Crippen LogP contribution is -2.20. The molecule has 2 aromatic carbocycles. The first-order valence-electron chi connectivity index (χ1n) is 8.78. The molecule has 10 heteroatoms. The van der Waals surface area contributed by atoms with E-state index in [-0.39, 0.29) is 0 Å². The molecule has 8 nitrogen and oxygen atoms in total. The van der Waals surface area contributed by atoms with Crippen molar-refractivity contribution in [2.24, 2.45) is 0 Å². The van der Waals surface area contributed by atoms with E-state index in [1.807, 2.05) is 18.2 Å². The zero-order valence-electron chi connectivity index (χ0n) is 15.3. The van der Waals surface area contributed by atoms with E-state index in [9.17, 15) is 4.79 Å². The van der Waals surface area contributed by atoms with Gasteiger partial charge in [-0.05, 0) is 29.8 Å². The van der Waals surface area contributed by atoms with Crippen LogP contribution in [0.5, 0.6) is 0 Å². The van der Waals surface area contributed by atoms with Gasteiger partial charge in [-0.2, -0.15) is 4.98 Å². The van der Waals surface area contributed by atoms with E-state index in [1.165, 1.54) is 0 Å². The summed E-state index contributed by atoms with van der Waals surface area (Å²) in [5.41, 5.74) is 2.44. The molecule has 2 amide bonds. The number of para-hydroxylation sites is 1. The van der Waals surface area contributed by atoms with Gasteiger partial charge in [-0.3, -0.25) is 4.98 Å². The van der Waals surface area contributed by atoms with E-state index in [4.69, 9.17) is 27.7 Å². The molecule has 4 rings (SSSR count). The molecule has 30 heavy (non-hydrogen) atoms. The largest absolute Gasteiger partial charge is 0.339 e. The Kier molecular flexibility index (Phi) is 5.87. The molecule has 2 aromatic heterocycles. The third-order valence-electron chi connectivity index (χ3n) is 4.05. The fraction of sp³-hybridized carbons (Fsp3) is 0.0500. The molecule has 0 saturated carbocycles. The Labute approximate surface area is 181 Å². The Morgan fingerprint density at radius 1 is 1.03 bits per heavy atom. The van der Waals surface area contributed by atoms with Crippen LogP contribution in [0.3, 0.4) is 0 Å². The van der Waals surface area contributed by atoms with Crippen LogP contribution in [-0.2, 0) is 6.42 Å². The van der Waals surface area contributed by atoms with Crippen molar-refractivity contribution >= 4 is 40.6 Å². The van der Waals surface area contributed by atoms with Crippen molar-refractivity contribution in [2.45, 2.75) is 6.42 Å². The van der Waals surface area contributed by atoms with E-state index < -0.39 is 6.03 Å². The van der Waals surface area contributed by atoms with Crippen LogP contribution in [0.1, 0.15) is 11.5 Å². The highest BCUT2D eigenvalue weighted by molar-refractivity contribution is 6.42. The molecular weight excluding hydrogens is 427 g/mol. The van der Waals surface area contributed by atoms with Crippen LogP contribution in [0, 0.1) is 0 Å². The molecule has 0 fully saturated rings. The van der Waals surface area contributed by atoms with Crippen molar-refractivity contribution in [1.29, 1.82) is 0 Å². The first kappa shape index (κ1) is 19.8. The second kappa shape index (κ2) is 8.89. The Hall–Kier alpha value is -3.49. The normalized spacial score (nSPS) is 10.6. The average Bonchev–Trinajstić information content (AvgIpc) is 3.21. The molecule has 0 spiro atoms. The average molecular weight is 441 g/mol. The van der Waals surface area contributed by atoms with Crippen LogP contribution in [0.2, 0.25) is 10.0 Å². The van der Waals surface area contributed by atoms with Crippen LogP contribution in [0.15, 0.2) is 65.6 Å². The number of anilines is 2. The van der Waals surface area contributed by atoms with Crippen molar-refractivity contribution in [3.05, 3.63) is 82.6 Å². The summed E-state index contributed by atoms with van der Waals surface area (Å²) in [6.07, 6.45) is 5.00. The van der Waals surface area contributed by atoms with Gasteiger partial charge in [-0.1, -0.05) is 46.6 Å². The van der Waals surface area contributed by atoms with E-state index in [0.717, 1.165) is 5.56 Å². The van der Waals surface area contributed by atoms with E-state index in [2.05, 4.69) is 30.7 Å². The first-order valence-corrected chi connectivity index (χ1v) is 9.54. The van der Waals surface area contributed by atoms with Crippen molar-refractivity contribution in [3.8, 4) is 11.5 Å². The number of aromatic nitrogens is 4. The summed E-state index contributed by atoms with van der Waals surface area (Å²) < 4.78 is 5.32. The summed E-state index contributed by atoms with van der Waals surface area (Å²) in [5.74, 6) is 0.732. The second-order valence-corrected chi connectivity index (χ2v) is 6.96. The molecule has 0 unspecified atom stereocenters. The number of hydrogen-bond donors (Lipinski definition) is 2. The summed E-state index contributed by atoms with van der Waals surface area (Å²) >= 11 is 11.9. The highest BCUT2D eigenvalue weighted by atomic mass is 35.5. The van der Waals surface area contributed by atoms with Crippen molar-refractivity contribution in [1.82, 2.24) is 20.1 Å². The van der Waals surface area contributed by atoms with Crippen LogP contribution in [0.25, 0.3) is 11.5 Å². The predicted molar refractivity (Wildman–Crippen MR) is 114 cm³/mol. The third-order valence-corrected chi connectivity index (χ3v) is 4.78. The van der Waals surface area contributed by atoms with Crippen LogP contribution < -0.4 is 10.6 Å². The SMILES string of the molecule is O=C(Nc1ccc(Cl)c(Cl)c1)Nc1ccccc1Cc1nc(-c2cnccn2)no1. The summed E-state index contributed by atoms with van der Waals surface area (Å²) in [7, 11) is 0. The van der Waals surface area contributed by atoms with E-state index in [1.54, 1.807) is 42.9 Å². The van der Waals surface area contributed by atoms with Crippen LogP contribution >= 0.6 is 23.2 Å². The molecule has 2 N–H and O–H groups in total. The lowest BCUT2D eigenvalue weighted by molar-refractivity contribution is 0.262. The van der Waals surface area contributed by atoms with Crippen LogP contribution in [-0.4, -0.2) is 26.1 Å². The number of amides is 2. The molecule has 0 bridgehead atoms. The highest BCUT2D eigenvalue weighted by Crippen LogP contribution is 2.25. The molecule has 0 aliphatic carbocycles. The molecule has 0 aliphatic heterocycles. The molecule has 4 aromatic rings. The van der Waals surface area contributed by atoms with Crippen LogP contribution in [0.4, 0.5) is 16.2 Å². The minimum atomic E-state index is -0.424. The maximum Gasteiger partial charge on any atom is 0.323 e. The third kappa shape index (κ3) is 4.73. The smallest absolute Gasteiger partial charge is 0.323 e. The number of nitrogens with zero attached hydrogens (tertiary/aromatic N) is 4. The molecular formula is C20H14Cl2N6O2. The van der Waals surface area contributed by atoms with Gasteiger partial charge in [0.25, 0.3) is 0 Å². The number of rotatable bonds is 5. The number of urea groups is 1. The Morgan fingerprint density at radius 2 is 1.90 bits per heavy atom. The first-order chi connectivity index (χ1) is 14.6. The molecule has 2 heterocycles. The Morgan fingerprint density at radius 3 is 2.70 bits per heavy atom. The summed E-state index contributed by atoms with van der Waals surface area (Å²) in [5, 5.41) is 10.2. The Balaban J connectivity index is 1.47. The van der Waals surface area contributed by atoms with Crippen molar-refractivity contribution in [2.75, 3.05) is 10.6 Å². The number of halogens is 2. The summed E-state index contributed by atoms with van der Waals surface area (Å²) in [6, 6.07) is 11.7. The lowest BCUT2D eigenvalue weighted by Gasteiger charge is -2.11. The van der Waals surface area contributed by atoms with Gasteiger partial charge < -0.3 is 15.2 Å². The number of nitrogens with one attached hydrogen (secondary N) is 2. The van der Waals surface area contributed by atoms with Gasteiger partial charge in [0.05, 0.1) is 22.7 Å². The minimum Gasteiger partial charge on any atom is -0.339 e. The number of benzene rings is 2. The zero-order valence-corrected chi connectivity index (χ0v) is 16.9. The molecule has 0 saturated heterocycles. The van der Waals surface area contributed by atoms with Gasteiger partial charge in [0.1, 0.15) is 5.69 Å². The fourth-order valence-corrected chi connectivity index (χ4v) is 2.96. The van der Waals surface area contributed by atoms with Crippen molar-refractivity contribution in [3.63, 3.8) is 0 Å². The van der Waals surface area contributed by atoms with Gasteiger partial charge in [0.2, 0.25) is 11.7 Å². The topological polar surface area (TPSA) is 106 Å². The van der Waals surface area contributed by atoms with E-state index in [0.29, 0.717) is 45.2 Å². The molecule has 0 atom stereocenters. The zero-order chi connectivity index (χ0) is 20.9. The van der Waals surface area contributed by atoms with Gasteiger partial charge in [-0.15, -0.1) is 0 Å². The predicted octanol–water partition coefficient (Wildman–Crippen LogP) is 5.07. The van der Waals surface area contributed by atoms with Gasteiger partial charge >= 0.3 is 6.03 Å². The number of carbonyl (C=O) groups excluding carboxylic acids is 1. The van der Waals surface area contributed by atoms with Crippen molar-refractivity contribution < 1.29 is 9.32 Å². The summed E-state index contributed by atoms with van der Waals surface area (Å²) in [6.45, 7) is 0. The van der Waals surface area contributed by atoms with Gasteiger partial charge in [-0.25, -0.2) is 9.78 Å². The maximum atomic E-state index is 12.4. The standard InChI is InChI=1S/C20H14Cl2N6O2/c21-14-6-5-13(10-15(14)22)25-20(29)26-16-4-2-1-3-12(16)9-18-27-19(28-30-18)17-11-23-7-8-24-17/h1-8,10-11H,9H2,(H2,25,26,29). The number of hydrogen-bond acceptors (Lipinski definition) is 6. The maximum absolute atomic E-state index is 12.4. The minimum absolute atomic E-state index is 0.330. The van der Waals surface area contributed by atoms with Gasteiger partial charge in [0, 0.05) is 23.8 Å². The second-order valence-electron chi connectivity index (χ2n) is 6.14. The Bertz CT molecular complexity index is 1180. The monoisotopic (exact) mass is 440 g/mol. The quantitative estimate of drug-likeness (QED) is 0.448. The van der Waals surface area contributed by atoms with E-state index >= 15 is 0 Å².